The standard InChI is InChI=1S/C21H20N2O4S2/c1-3-12-23(19-9-5-4-6-10-19)29(25,26)20-11-7-8-17(13-20)21(24)27-14-18-15-28-16(2)22-18/h3-11,13,15H,1,12,14H2,2H3. The quantitative estimate of drug-likeness (QED) is 0.397. The number of carbonyl (C=O) groups excluding carboxylic acids is 1. The van der Waals surface area contributed by atoms with Gasteiger partial charge in [-0.2, -0.15) is 0 Å². The van der Waals surface area contributed by atoms with Crippen LogP contribution in [-0.4, -0.2) is 25.9 Å². The first-order valence-corrected chi connectivity index (χ1v) is 11.1. The highest BCUT2D eigenvalue weighted by Gasteiger charge is 2.25. The molecule has 0 N–H and O–H groups in total. The summed E-state index contributed by atoms with van der Waals surface area (Å²) in [6, 6.07) is 14.6. The van der Waals surface area contributed by atoms with Gasteiger partial charge in [0.15, 0.2) is 0 Å². The number of hydrogen-bond donors (Lipinski definition) is 0. The third kappa shape index (κ3) is 4.90. The summed E-state index contributed by atoms with van der Waals surface area (Å²) >= 11 is 1.47. The van der Waals surface area contributed by atoms with Gasteiger partial charge in [0, 0.05) is 5.38 Å². The van der Waals surface area contributed by atoms with Gasteiger partial charge >= 0.3 is 5.97 Å². The number of ether oxygens (including phenoxy) is 1. The first-order chi connectivity index (χ1) is 13.9. The third-order valence-corrected chi connectivity index (χ3v) is 6.63. The highest BCUT2D eigenvalue weighted by atomic mass is 32.2. The van der Waals surface area contributed by atoms with Crippen molar-refractivity contribution in [1.29, 1.82) is 0 Å². The molecule has 0 saturated carbocycles. The van der Waals surface area contributed by atoms with E-state index in [2.05, 4.69) is 11.6 Å². The predicted molar refractivity (Wildman–Crippen MR) is 114 cm³/mol. The molecule has 29 heavy (non-hydrogen) atoms. The number of thiazole rings is 1. The van der Waals surface area contributed by atoms with Crippen LogP contribution in [0, 0.1) is 6.92 Å². The van der Waals surface area contributed by atoms with E-state index in [1.807, 2.05) is 18.4 Å². The predicted octanol–water partition coefficient (Wildman–Crippen LogP) is 4.19. The van der Waals surface area contributed by atoms with Crippen LogP contribution in [0.25, 0.3) is 0 Å². The molecule has 6 nitrogen and oxygen atoms in total. The van der Waals surface area contributed by atoms with E-state index >= 15 is 0 Å². The lowest BCUT2D eigenvalue weighted by molar-refractivity contribution is 0.0468. The van der Waals surface area contributed by atoms with Crippen molar-refractivity contribution in [2.75, 3.05) is 10.8 Å². The topological polar surface area (TPSA) is 76.6 Å². The summed E-state index contributed by atoms with van der Waals surface area (Å²) in [7, 11) is -3.89. The van der Waals surface area contributed by atoms with Crippen LogP contribution in [0.15, 0.2) is 77.5 Å². The molecule has 0 aliphatic heterocycles. The minimum absolute atomic E-state index is 0.00200. The van der Waals surface area contributed by atoms with Gasteiger partial charge in [-0.15, -0.1) is 17.9 Å². The molecule has 0 radical (unpaired) electrons. The number of anilines is 1. The lowest BCUT2D eigenvalue weighted by Crippen LogP contribution is -2.31. The molecular weight excluding hydrogens is 408 g/mol. The Kier molecular flexibility index (Phi) is 6.46. The first kappa shape index (κ1) is 20.8. The number of aromatic nitrogens is 1. The fourth-order valence-electron chi connectivity index (χ4n) is 2.66. The molecule has 3 aromatic rings. The Morgan fingerprint density at radius 3 is 2.62 bits per heavy atom. The highest BCUT2D eigenvalue weighted by Crippen LogP contribution is 2.24. The summed E-state index contributed by atoms with van der Waals surface area (Å²) in [6.07, 6.45) is 1.51. The lowest BCUT2D eigenvalue weighted by atomic mass is 10.2. The molecule has 0 aliphatic carbocycles. The number of hydrogen-bond acceptors (Lipinski definition) is 6. The largest absolute Gasteiger partial charge is 0.456 e. The molecule has 0 spiro atoms. The molecule has 0 unspecified atom stereocenters. The van der Waals surface area contributed by atoms with Gasteiger partial charge in [0.2, 0.25) is 0 Å². The number of benzene rings is 2. The van der Waals surface area contributed by atoms with Crippen LogP contribution >= 0.6 is 11.3 Å². The van der Waals surface area contributed by atoms with Gasteiger partial charge in [-0.25, -0.2) is 18.2 Å². The van der Waals surface area contributed by atoms with Crippen LogP contribution in [0.5, 0.6) is 0 Å². The minimum atomic E-state index is -3.89. The number of carbonyl (C=O) groups is 1. The lowest BCUT2D eigenvalue weighted by Gasteiger charge is -2.23. The number of nitrogens with zero attached hydrogens (tertiary/aromatic N) is 2. The van der Waals surface area contributed by atoms with Gasteiger partial charge in [0.25, 0.3) is 10.0 Å². The molecule has 0 amide bonds. The Balaban J connectivity index is 1.84. The van der Waals surface area contributed by atoms with E-state index in [9.17, 15) is 13.2 Å². The molecule has 1 heterocycles. The van der Waals surface area contributed by atoms with E-state index < -0.39 is 16.0 Å². The van der Waals surface area contributed by atoms with Crippen LogP contribution in [0.2, 0.25) is 0 Å². The van der Waals surface area contributed by atoms with Gasteiger partial charge in [-0.05, 0) is 37.3 Å². The summed E-state index contributed by atoms with van der Waals surface area (Å²) in [5.74, 6) is -0.609. The van der Waals surface area contributed by atoms with Crippen molar-refractivity contribution >= 4 is 33.0 Å². The van der Waals surface area contributed by atoms with E-state index in [1.165, 1.54) is 46.0 Å². The molecule has 8 heteroatoms. The van der Waals surface area contributed by atoms with Crippen LogP contribution in [0.1, 0.15) is 21.1 Å². The van der Waals surface area contributed by atoms with Crippen LogP contribution in [-0.2, 0) is 21.4 Å². The fraction of sp³-hybridized carbons (Fsp3) is 0.143. The Labute approximate surface area is 174 Å². The molecule has 0 aliphatic rings. The van der Waals surface area contributed by atoms with Gasteiger partial charge < -0.3 is 4.74 Å². The molecule has 0 atom stereocenters. The summed E-state index contributed by atoms with van der Waals surface area (Å²) in [5.41, 5.74) is 1.33. The van der Waals surface area contributed by atoms with Crippen molar-refractivity contribution < 1.29 is 17.9 Å². The summed E-state index contributed by atoms with van der Waals surface area (Å²) in [5, 5.41) is 2.70. The minimum Gasteiger partial charge on any atom is -0.456 e. The molecule has 150 valence electrons. The van der Waals surface area contributed by atoms with E-state index in [1.54, 1.807) is 24.3 Å². The maximum absolute atomic E-state index is 13.2. The number of esters is 1. The molecule has 1 aromatic heterocycles. The van der Waals surface area contributed by atoms with Crippen molar-refractivity contribution in [2.45, 2.75) is 18.4 Å². The number of rotatable bonds is 8. The van der Waals surface area contributed by atoms with Crippen molar-refractivity contribution in [1.82, 2.24) is 4.98 Å². The second-order valence-corrected chi connectivity index (χ2v) is 9.05. The average molecular weight is 429 g/mol. The zero-order valence-electron chi connectivity index (χ0n) is 15.8. The maximum atomic E-state index is 13.2. The summed E-state index contributed by atoms with van der Waals surface area (Å²) in [6.45, 7) is 5.65. The monoisotopic (exact) mass is 428 g/mol. The highest BCUT2D eigenvalue weighted by molar-refractivity contribution is 7.92. The van der Waals surface area contributed by atoms with Crippen molar-refractivity contribution in [3.63, 3.8) is 0 Å². The molecule has 0 saturated heterocycles. The number of aryl methyl sites for hydroxylation is 1. The van der Waals surface area contributed by atoms with Crippen molar-refractivity contribution in [3.05, 3.63) is 88.9 Å². The smallest absolute Gasteiger partial charge is 0.338 e. The first-order valence-electron chi connectivity index (χ1n) is 8.78. The van der Waals surface area contributed by atoms with Crippen LogP contribution < -0.4 is 4.31 Å². The van der Waals surface area contributed by atoms with E-state index in [0.29, 0.717) is 11.4 Å². The van der Waals surface area contributed by atoms with E-state index in [4.69, 9.17) is 4.74 Å². The Hall–Kier alpha value is -2.97. The van der Waals surface area contributed by atoms with Gasteiger partial charge in [-0.3, -0.25) is 4.31 Å². The molecule has 2 aromatic carbocycles. The Morgan fingerprint density at radius 2 is 1.97 bits per heavy atom. The summed E-state index contributed by atoms with van der Waals surface area (Å²) in [4.78, 5) is 16.6. The SMILES string of the molecule is C=CCN(c1ccccc1)S(=O)(=O)c1cccc(C(=O)OCc2csc(C)n2)c1. The third-order valence-electron chi connectivity index (χ3n) is 4.01. The second kappa shape index (κ2) is 9.02. The second-order valence-electron chi connectivity index (χ2n) is 6.12. The molecular formula is C21H20N2O4S2. The van der Waals surface area contributed by atoms with Gasteiger partial charge in [0.1, 0.15) is 6.61 Å². The zero-order valence-corrected chi connectivity index (χ0v) is 17.4. The van der Waals surface area contributed by atoms with Gasteiger partial charge in [0.05, 0.1) is 33.4 Å². The van der Waals surface area contributed by atoms with Crippen LogP contribution in [0.4, 0.5) is 5.69 Å². The fourth-order valence-corrected chi connectivity index (χ4v) is 4.74. The average Bonchev–Trinajstić information content (AvgIpc) is 3.16. The van der Waals surface area contributed by atoms with Crippen LogP contribution in [0.3, 0.4) is 0 Å². The normalized spacial score (nSPS) is 11.1. The van der Waals surface area contributed by atoms with Crippen molar-refractivity contribution in [3.8, 4) is 0 Å². The van der Waals surface area contributed by atoms with E-state index in [-0.39, 0.29) is 23.6 Å². The summed E-state index contributed by atoms with van der Waals surface area (Å²) < 4.78 is 32.9. The molecule has 0 fully saturated rings. The Bertz CT molecular complexity index is 1110. The van der Waals surface area contributed by atoms with E-state index in [0.717, 1.165) is 5.01 Å². The maximum Gasteiger partial charge on any atom is 0.338 e. The Morgan fingerprint density at radius 1 is 1.21 bits per heavy atom. The molecule has 3 rings (SSSR count). The van der Waals surface area contributed by atoms with Crippen molar-refractivity contribution in [2.24, 2.45) is 0 Å². The number of para-hydroxylation sites is 1. The molecule has 0 bridgehead atoms. The van der Waals surface area contributed by atoms with Gasteiger partial charge in [-0.1, -0.05) is 30.3 Å². The zero-order chi connectivity index (χ0) is 20.9. The number of sulfonamides is 1.